The molecule has 0 aliphatic heterocycles. The SMILES string of the molecule is CC(=O)C1=CCC2C3=CCC4C=CCCC4(C)C3CC(O)C12C. The Bertz CT molecular complexity index is 640. The number of allylic oxidation sites excluding steroid dienone is 5. The second-order valence-corrected chi connectivity index (χ2v) is 8.57. The normalized spacial score (nSPS) is 48.0. The van der Waals surface area contributed by atoms with Gasteiger partial charge in [-0.25, -0.2) is 0 Å². The number of carbonyl (C=O) groups is 1. The molecule has 0 aromatic rings. The lowest BCUT2D eigenvalue weighted by Gasteiger charge is -2.57. The van der Waals surface area contributed by atoms with Crippen molar-refractivity contribution in [3.05, 3.63) is 35.5 Å². The monoisotopic (exact) mass is 312 g/mol. The highest BCUT2D eigenvalue weighted by molar-refractivity contribution is 5.95. The van der Waals surface area contributed by atoms with E-state index in [-0.39, 0.29) is 16.6 Å². The van der Waals surface area contributed by atoms with E-state index < -0.39 is 6.10 Å². The predicted octanol–water partition coefficient (Wildman–Crippen LogP) is 4.21. The highest BCUT2D eigenvalue weighted by atomic mass is 16.3. The minimum Gasteiger partial charge on any atom is -0.392 e. The molecule has 6 atom stereocenters. The summed E-state index contributed by atoms with van der Waals surface area (Å²) in [5.74, 6) is 1.54. The van der Waals surface area contributed by atoms with Gasteiger partial charge in [0.15, 0.2) is 5.78 Å². The van der Waals surface area contributed by atoms with Gasteiger partial charge in [0, 0.05) is 5.41 Å². The number of hydrogen-bond donors (Lipinski definition) is 1. The molecule has 0 amide bonds. The quantitative estimate of drug-likeness (QED) is 0.736. The summed E-state index contributed by atoms with van der Waals surface area (Å²) in [6.45, 7) is 6.20. The van der Waals surface area contributed by atoms with Crippen LogP contribution in [0.3, 0.4) is 0 Å². The molecule has 0 bridgehead atoms. The molecule has 0 saturated heterocycles. The van der Waals surface area contributed by atoms with E-state index in [1.807, 2.05) is 0 Å². The Morgan fingerprint density at radius 3 is 2.74 bits per heavy atom. The van der Waals surface area contributed by atoms with E-state index in [0.29, 0.717) is 17.8 Å². The minimum absolute atomic E-state index is 0.133. The van der Waals surface area contributed by atoms with E-state index in [4.69, 9.17) is 0 Å². The van der Waals surface area contributed by atoms with Crippen LogP contribution in [0, 0.1) is 28.6 Å². The van der Waals surface area contributed by atoms with Gasteiger partial charge in [-0.1, -0.05) is 43.7 Å². The van der Waals surface area contributed by atoms with Crippen molar-refractivity contribution in [2.75, 3.05) is 0 Å². The van der Waals surface area contributed by atoms with Crippen LogP contribution in [0.1, 0.15) is 52.9 Å². The first-order valence-corrected chi connectivity index (χ1v) is 9.15. The summed E-state index contributed by atoms with van der Waals surface area (Å²) >= 11 is 0. The van der Waals surface area contributed by atoms with Gasteiger partial charge in [0.1, 0.15) is 0 Å². The number of ketones is 1. The van der Waals surface area contributed by atoms with Gasteiger partial charge in [0.25, 0.3) is 0 Å². The average Bonchev–Trinajstić information content (AvgIpc) is 2.87. The first-order chi connectivity index (χ1) is 10.9. The van der Waals surface area contributed by atoms with Crippen molar-refractivity contribution in [1.29, 1.82) is 0 Å². The topological polar surface area (TPSA) is 37.3 Å². The summed E-state index contributed by atoms with van der Waals surface area (Å²) in [6, 6.07) is 0. The Hall–Kier alpha value is -1.15. The Balaban J connectivity index is 1.77. The largest absolute Gasteiger partial charge is 0.392 e. The maximum atomic E-state index is 12.1. The number of aliphatic hydroxyl groups excluding tert-OH is 1. The molecule has 4 aliphatic carbocycles. The van der Waals surface area contributed by atoms with Crippen LogP contribution in [0.25, 0.3) is 0 Å². The summed E-state index contributed by atoms with van der Waals surface area (Å²) in [5.41, 5.74) is 2.31. The molecule has 6 unspecified atom stereocenters. The van der Waals surface area contributed by atoms with Crippen molar-refractivity contribution >= 4 is 5.78 Å². The predicted molar refractivity (Wildman–Crippen MR) is 91.8 cm³/mol. The van der Waals surface area contributed by atoms with Crippen molar-refractivity contribution in [3.8, 4) is 0 Å². The highest BCUT2D eigenvalue weighted by Gasteiger charge is 2.58. The maximum Gasteiger partial charge on any atom is 0.156 e. The lowest BCUT2D eigenvalue weighted by atomic mass is 9.48. The van der Waals surface area contributed by atoms with Crippen LogP contribution in [0.15, 0.2) is 35.5 Å². The van der Waals surface area contributed by atoms with Crippen LogP contribution in [0.5, 0.6) is 0 Å². The van der Waals surface area contributed by atoms with Crippen LogP contribution >= 0.6 is 0 Å². The van der Waals surface area contributed by atoms with Gasteiger partial charge in [0.05, 0.1) is 6.10 Å². The summed E-state index contributed by atoms with van der Waals surface area (Å²) in [7, 11) is 0. The summed E-state index contributed by atoms with van der Waals surface area (Å²) < 4.78 is 0. The van der Waals surface area contributed by atoms with Gasteiger partial charge in [-0.05, 0) is 67.8 Å². The highest BCUT2D eigenvalue weighted by Crippen LogP contribution is 2.63. The first-order valence-electron chi connectivity index (χ1n) is 9.15. The maximum absolute atomic E-state index is 12.1. The number of hydrogen-bond acceptors (Lipinski definition) is 2. The zero-order chi connectivity index (χ0) is 16.4. The lowest BCUT2D eigenvalue weighted by Crippen LogP contribution is -2.53. The van der Waals surface area contributed by atoms with Gasteiger partial charge in [-0.3, -0.25) is 4.79 Å². The molecule has 23 heavy (non-hydrogen) atoms. The summed E-state index contributed by atoms with van der Waals surface area (Å²) in [6.07, 6.45) is 14.1. The summed E-state index contributed by atoms with van der Waals surface area (Å²) in [5, 5.41) is 11.1. The standard InChI is InChI=1S/C21H28O2/c1-13(22)16-9-10-17-15-8-7-14-6-4-5-11-20(14,2)18(15)12-19(23)21(16,17)3/h4,6,8-9,14,17-19,23H,5,7,10-12H2,1-3H3. The average molecular weight is 312 g/mol. The van der Waals surface area contributed by atoms with Crippen molar-refractivity contribution in [1.82, 2.24) is 0 Å². The molecule has 0 aromatic heterocycles. The Morgan fingerprint density at radius 2 is 2.00 bits per heavy atom. The van der Waals surface area contributed by atoms with E-state index in [0.717, 1.165) is 31.3 Å². The van der Waals surface area contributed by atoms with Crippen molar-refractivity contribution in [3.63, 3.8) is 0 Å². The van der Waals surface area contributed by atoms with E-state index in [2.05, 4.69) is 38.2 Å². The second kappa shape index (κ2) is 4.92. The molecule has 2 nitrogen and oxygen atoms in total. The van der Waals surface area contributed by atoms with Crippen LogP contribution in [-0.4, -0.2) is 17.0 Å². The van der Waals surface area contributed by atoms with Crippen molar-refractivity contribution < 1.29 is 9.90 Å². The number of carbonyl (C=O) groups excluding carboxylic acids is 1. The Morgan fingerprint density at radius 1 is 1.22 bits per heavy atom. The molecule has 1 N–H and O–H groups in total. The second-order valence-electron chi connectivity index (χ2n) is 8.57. The van der Waals surface area contributed by atoms with E-state index >= 15 is 0 Å². The van der Waals surface area contributed by atoms with Gasteiger partial charge in [-0.2, -0.15) is 0 Å². The molecule has 2 heteroatoms. The molecule has 0 radical (unpaired) electrons. The smallest absolute Gasteiger partial charge is 0.156 e. The molecule has 4 aliphatic rings. The number of fused-ring (bicyclic) bond motifs is 5. The number of rotatable bonds is 1. The molecule has 124 valence electrons. The first kappa shape index (κ1) is 15.4. The minimum atomic E-state index is -0.409. The summed E-state index contributed by atoms with van der Waals surface area (Å²) in [4.78, 5) is 12.1. The Kier molecular flexibility index (Phi) is 3.29. The molecule has 4 rings (SSSR count). The van der Waals surface area contributed by atoms with Crippen LogP contribution in [0.2, 0.25) is 0 Å². The fraction of sp³-hybridized carbons (Fsp3) is 0.667. The third kappa shape index (κ3) is 1.88. The zero-order valence-electron chi connectivity index (χ0n) is 14.5. The number of Topliss-reactive ketones (excluding diaryl/α,β-unsaturated/α-hetero) is 1. The molecular weight excluding hydrogens is 284 g/mol. The van der Waals surface area contributed by atoms with E-state index in [1.54, 1.807) is 12.5 Å². The molecule has 0 spiro atoms. The fourth-order valence-electron chi connectivity index (χ4n) is 6.19. The van der Waals surface area contributed by atoms with E-state index in [1.165, 1.54) is 6.42 Å². The zero-order valence-corrected chi connectivity index (χ0v) is 14.5. The molecule has 0 aromatic carbocycles. The van der Waals surface area contributed by atoms with Crippen molar-refractivity contribution in [2.24, 2.45) is 28.6 Å². The van der Waals surface area contributed by atoms with Gasteiger partial charge >= 0.3 is 0 Å². The molecule has 1 saturated carbocycles. The van der Waals surface area contributed by atoms with Crippen LogP contribution in [0.4, 0.5) is 0 Å². The third-order valence-electron chi connectivity index (χ3n) is 7.67. The fourth-order valence-corrected chi connectivity index (χ4v) is 6.19. The van der Waals surface area contributed by atoms with E-state index in [9.17, 15) is 9.90 Å². The van der Waals surface area contributed by atoms with Crippen LogP contribution in [-0.2, 0) is 4.79 Å². The van der Waals surface area contributed by atoms with Crippen LogP contribution < -0.4 is 0 Å². The number of aliphatic hydroxyl groups is 1. The Labute approximate surface area is 139 Å². The molecular formula is C21H28O2. The lowest BCUT2D eigenvalue weighted by molar-refractivity contribution is -0.117. The van der Waals surface area contributed by atoms with Gasteiger partial charge < -0.3 is 5.11 Å². The third-order valence-corrected chi connectivity index (χ3v) is 7.67. The molecule has 0 heterocycles. The van der Waals surface area contributed by atoms with Gasteiger partial charge in [-0.15, -0.1) is 0 Å². The molecule has 1 fully saturated rings. The van der Waals surface area contributed by atoms with Crippen molar-refractivity contribution in [2.45, 2.75) is 59.0 Å². The van der Waals surface area contributed by atoms with Gasteiger partial charge in [0.2, 0.25) is 0 Å².